The summed E-state index contributed by atoms with van der Waals surface area (Å²) in [6, 6.07) is 8.44. The maximum absolute atomic E-state index is 13.4. The molecule has 2 nitrogen and oxygen atoms in total. The van der Waals surface area contributed by atoms with Crippen LogP contribution < -0.4 is 4.74 Å². The van der Waals surface area contributed by atoms with E-state index in [1.165, 1.54) is 12.1 Å². The number of aliphatic hydroxyl groups is 1. The first-order valence-corrected chi connectivity index (χ1v) is 6.35. The molecule has 1 N–H and O–H groups in total. The third-order valence-electron chi connectivity index (χ3n) is 2.60. The van der Waals surface area contributed by atoms with Crippen molar-refractivity contribution in [1.29, 1.82) is 0 Å². The zero-order valence-electron chi connectivity index (χ0n) is 9.87. The summed E-state index contributed by atoms with van der Waals surface area (Å²) < 4.78 is 32.3. The van der Waals surface area contributed by atoms with Gasteiger partial charge >= 0.3 is 0 Å². The molecular weight excluding hydrogens is 318 g/mol. The first kappa shape index (κ1) is 14.0. The Bertz CT molecular complexity index is 588. The van der Waals surface area contributed by atoms with Crippen LogP contribution in [0.3, 0.4) is 0 Å². The second-order valence-electron chi connectivity index (χ2n) is 3.94. The fourth-order valence-corrected chi connectivity index (χ4v) is 1.93. The average Bonchev–Trinajstić information content (AvgIpc) is 2.39. The van der Waals surface area contributed by atoms with Gasteiger partial charge in [0.15, 0.2) is 0 Å². The van der Waals surface area contributed by atoms with Gasteiger partial charge in [-0.3, -0.25) is 0 Å². The zero-order chi connectivity index (χ0) is 13.8. The standard InChI is InChI=1S/C14H11BrF2O2/c15-13-4-3-12(5-10(13)7-18)19-8-9-1-2-11(16)6-14(9)17/h1-6,18H,7-8H2. The Morgan fingerprint density at radius 3 is 2.53 bits per heavy atom. The van der Waals surface area contributed by atoms with Gasteiger partial charge in [-0.2, -0.15) is 0 Å². The fraction of sp³-hybridized carbons (Fsp3) is 0.143. The minimum atomic E-state index is -0.639. The van der Waals surface area contributed by atoms with Crippen LogP contribution in [0.1, 0.15) is 11.1 Å². The number of ether oxygens (including phenoxy) is 1. The Labute approximate surface area is 117 Å². The molecule has 0 saturated heterocycles. The van der Waals surface area contributed by atoms with Crippen LogP contribution in [0.2, 0.25) is 0 Å². The average molecular weight is 329 g/mol. The summed E-state index contributed by atoms with van der Waals surface area (Å²) in [5.41, 5.74) is 0.951. The van der Waals surface area contributed by atoms with Crippen molar-refractivity contribution >= 4 is 15.9 Å². The van der Waals surface area contributed by atoms with Crippen LogP contribution in [-0.2, 0) is 13.2 Å². The molecule has 5 heteroatoms. The van der Waals surface area contributed by atoms with E-state index in [-0.39, 0.29) is 18.8 Å². The molecule has 2 aromatic rings. The van der Waals surface area contributed by atoms with Crippen molar-refractivity contribution in [2.75, 3.05) is 0 Å². The van der Waals surface area contributed by atoms with Gasteiger partial charge in [-0.25, -0.2) is 8.78 Å². The van der Waals surface area contributed by atoms with Crippen molar-refractivity contribution in [2.45, 2.75) is 13.2 Å². The van der Waals surface area contributed by atoms with E-state index in [1.807, 2.05) is 0 Å². The SMILES string of the molecule is OCc1cc(OCc2ccc(F)cc2F)ccc1Br. The maximum Gasteiger partial charge on any atom is 0.132 e. The largest absolute Gasteiger partial charge is 0.489 e. The van der Waals surface area contributed by atoms with Gasteiger partial charge in [0.05, 0.1) is 6.61 Å². The lowest BCUT2D eigenvalue weighted by molar-refractivity contribution is 0.276. The summed E-state index contributed by atoms with van der Waals surface area (Å²) in [7, 11) is 0. The highest BCUT2D eigenvalue weighted by Crippen LogP contribution is 2.23. The minimum absolute atomic E-state index is 0.00137. The lowest BCUT2D eigenvalue weighted by atomic mass is 10.2. The summed E-state index contributed by atoms with van der Waals surface area (Å²) in [5.74, 6) is -0.747. The maximum atomic E-state index is 13.4. The third kappa shape index (κ3) is 3.52. The van der Waals surface area contributed by atoms with E-state index in [0.717, 1.165) is 10.5 Å². The van der Waals surface area contributed by atoms with Crippen molar-refractivity contribution < 1.29 is 18.6 Å². The molecule has 0 saturated carbocycles. The predicted molar refractivity (Wildman–Crippen MR) is 70.8 cm³/mol. The summed E-state index contributed by atoms with van der Waals surface area (Å²) >= 11 is 3.29. The van der Waals surface area contributed by atoms with Gasteiger partial charge in [0.25, 0.3) is 0 Å². The van der Waals surface area contributed by atoms with E-state index in [0.29, 0.717) is 11.3 Å². The van der Waals surface area contributed by atoms with E-state index in [1.54, 1.807) is 18.2 Å². The molecule has 0 aliphatic rings. The summed E-state index contributed by atoms with van der Waals surface area (Å²) in [6.07, 6.45) is 0. The van der Waals surface area contributed by atoms with Crippen molar-refractivity contribution in [3.63, 3.8) is 0 Å². The van der Waals surface area contributed by atoms with Crippen molar-refractivity contribution in [1.82, 2.24) is 0 Å². The van der Waals surface area contributed by atoms with Crippen molar-refractivity contribution in [3.8, 4) is 5.75 Å². The number of aliphatic hydroxyl groups excluding tert-OH is 1. The van der Waals surface area contributed by atoms with E-state index in [4.69, 9.17) is 9.84 Å². The molecule has 0 bridgehead atoms. The van der Waals surface area contributed by atoms with Crippen LogP contribution in [-0.4, -0.2) is 5.11 Å². The molecule has 19 heavy (non-hydrogen) atoms. The third-order valence-corrected chi connectivity index (χ3v) is 3.37. The molecule has 0 radical (unpaired) electrons. The number of rotatable bonds is 4. The van der Waals surface area contributed by atoms with Crippen molar-refractivity contribution in [2.24, 2.45) is 0 Å². The topological polar surface area (TPSA) is 29.5 Å². The molecule has 0 unspecified atom stereocenters. The van der Waals surface area contributed by atoms with Gasteiger partial charge in [0.1, 0.15) is 24.0 Å². The second-order valence-corrected chi connectivity index (χ2v) is 4.79. The summed E-state index contributed by atoms with van der Waals surface area (Å²) in [5, 5.41) is 9.12. The van der Waals surface area contributed by atoms with Crippen molar-refractivity contribution in [3.05, 3.63) is 63.6 Å². The van der Waals surface area contributed by atoms with E-state index < -0.39 is 11.6 Å². The highest BCUT2D eigenvalue weighted by Gasteiger charge is 2.06. The Morgan fingerprint density at radius 1 is 1.05 bits per heavy atom. The molecule has 2 rings (SSSR count). The van der Waals surface area contributed by atoms with Gasteiger partial charge in [-0.05, 0) is 35.9 Å². The van der Waals surface area contributed by atoms with Crippen LogP contribution in [0.5, 0.6) is 5.75 Å². The summed E-state index contributed by atoms with van der Waals surface area (Å²) in [4.78, 5) is 0. The molecule has 0 aromatic heterocycles. The number of halogens is 3. The highest BCUT2D eigenvalue weighted by molar-refractivity contribution is 9.10. The highest BCUT2D eigenvalue weighted by atomic mass is 79.9. The Kier molecular flexibility index (Phi) is 4.50. The van der Waals surface area contributed by atoms with Crippen LogP contribution in [0.4, 0.5) is 8.78 Å². The smallest absolute Gasteiger partial charge is 0.132 e. The van der Waals surface area contributed by atoms with Gasteiger partial charge in [-0.15, -0.1) is 0 Å². The molecule has 0 heterocycles. The Morgan fingerprint density at radius 2 is 1.84 bits per heavy atom. The Hall–Kier alpha value is -1.46. The van der Waals surface area contributed by atoms with Crippen LogP contribution in [0.15, 0.2) is 40.9 Å². The van der Waals surface area contributed by atoms with E-state index in [9.17, 15) is 8.78 Å². The Balaban J connectivity index is 2.10. The monoisotopic (exact) mass is 328 g/mol. The molecule has 0 amide bonds. The molecule has 0 atom stereocenters. The molecule has 0 aliphatic carbocycles. The van der Waals surface area contributed by atoms with E-state index >= 15 is 0 Å². The fourth-order valence-electron chi connectivity index (χ4n) is 1.56. The molecule has 0 fully saturated rings. The second kappa shape index (κ2) is 6.12. The van der Waals surface area contributed by atoms with Crippen LogP contribution >= 0.6 is 15.9 Å². The molecule has 0 spiro atoms. The van der Waals surface area contributed by atoms with Gasteiger partial charge in [0.2, 0.25) is 0 Å². The van der Waals surface area contributed by atoms with Crippen LogP contribution in [0, 0.1) is 11.6 Å². The lowest BCUT2D eigenvalue weighted by Gasteiger charge is -2.09. The molecular formula is C14H11BrF2O2. The molecule has 0 aliphatic heterocycles. The zero-order valence-corrected chi connectivity index (χ0v) is 11.5. The molecule has 2 aromatic carbocycles. The van der Waals surface area contributed by atoms with Crippen LogP contribution in [0.25, 0.3) is 0 Å². The van der Waals surface area contributed by atoms with Gasteiger partial charge in [-0.1, -0.05) is 15.9 Å². The number of hydrogen-bond donors (Lipinski definition) is 1. The summed E-state index contributed by atoms with van der Waals surface area (Å²) in [6.45, 7) is -0.124. The predicted octanol–water partition coefficient (Wildman–Crippen LogP) is 3.80. The first-order chi connectivity index (χ1) is 9.10. The quantitative estimate of drug-likeness (QED) is 0.925. The molecule has 100 valence electrons. The number of benzene rings is 2. The lowest BCUT2D eigenvalue weighted by Crippen LogP contribution is -1.99. The first-order valence-electron chi connectivity index (χ1n) is 5.56. The van der Waals surface area contributed by atoms with Gasteiger partial charge < -0.3 is 9.84 Å². The normalized spacial score (nSPS) is 10.5. The minimum Gasteiger partial charge on any atom is -0.489 e. The van der Waals surface area contributed by atoms with Gasteiger partial charge in [0, 0.05) is 16.1 Å². The number of hydrogen-bond acceptors (Lipinski definition) is 2. The van der Waals surface area contributed by atoms with E-state index in [2.05, 4.69) is 15.9 Å².